The number of hydrogen-bond acceptors (Lipinski definition) is 4. The number of halogens is 3. The van der Waals surface area contributed by atoms with E-state index < -0.39 is 17.5 Å². The highest BCUT2D eigenvalue weighted by Crippen LogP contribution is 2.51. The number of rotatable bonds is 4. The monoisotopic (exact) mass is 404 g/mol. The lowest BCUT2D eigenvalue weighted by Crippen LogP contribution is -2.33. The van der Waals surface area contributed by atoms with E-state index in [9.17, 15) is 23.1 Å². The van der Waals surface area contributed by atoms with Gasteiger partial charge in [-0.3, -0.25) is 14.5 Å². The summed E-state index contributed by atoms with van der Waals surface area (Å²) >= 11 is 0. The van der Waals surface area contributed by atoms with Crippen LogP contribution in [0.3, 0.4) is 0 Å². The van der Waals surface area contributed by atoms with E-state index in [1.54, 1.807) is 23.9 Å². The number of pyridine rings is 2. The summed E-state index contributed by atoms with van der Waals surface area (Å²) in [5, 5.41) is 16.6. The van der Waals surface area contributed by atoms with Crippen molar-refractivity contribution >= 4 is 10.9 Å². The van der Waals surface area contributed by atoms with E-state index in [1.165, 1.54) is 10.7 Å². The molecular formula is C20H19F3N4O2. The number of fused-ring (bicyclic) bond motifs is 1. The summed E-state index contributed by atoms with van der Waals surface area (Å²) in [6.07, 6.45) is 1.59. The van der Waals surface area contributed by atoms with Gasteiger partial charge in [-0.25, -0.2) is 0 Å². The molecule has 0 radical (unpaired) electrons. The minimum Gasteiger partial charge on any atom is -0.378 e. The van der Waals surface area contributed by atoms with Crippen LogP contribution in [-0.2, 0) is 18.8 Å². The second-order valence-corrected chi connectivity index (χ2v) is 7.96. The molecule has 3 aromatic heterocycles. The average Bonchev–Trinajstić information content (AvgIpc) is 3.57. The van der Waals surface area contributed by atoms with Gasteiger partial charge in [-0.15, -0.1) is 0 Å². The van der Waals surface area contributed by atoms with E-state index in [-0.39, 0.29) is 28.6 Å². The van der Waals surface area contributed by atoms with Crippen molar-refractivity contribution in [2.75, 3.05) is 0 Å². The van der Waals surface area contributed by atoms with Gasteiger partial charge < -0.3 is 9.67 Å². The molecule has 2 saturated carbocycles. The first-order valence-electron chi connectivity index (χ1n) is 9.55. The van der Waals surface area contributed by atoms with Gasteiger partial charge in [-0.2, -0.15) is 18.3 Å². The Morgan fingerprint density at radius 2 is 1.86 bits per heavy atom. The predicted molar refractivity (Wildman–Crippen MR) is 98.2 cm³/mol. The van der Waals surface area contributed by atoms with Crippen molar-refractivity contribution in [2.24, 2.45) is 13.0 Å². The summed E-state index contributed by atoms with van der Waals surface area (Å²) < 4.78 is 41.9. The minimum absolute atomic E-state index is 0.175. The topological polar surface area (TPSA) is 72.9 Å². The van der Waals surface area contributed by atoms with Crippen LogP contribution >= 0.6 is 0 Å². The minimum atomic E-state index is -4.55. The Bertz CT molecular complexity index is 1160. The molecule has 2 fully saturated rings. The van der Waals surface area contributed by atoms with Crippen molar-refractivity contribution in [2.45, 2.75) is 43.5 Å². The molecule has 0 unspecified atom stereocenters. The van der Waals surface area contributed by atoms with E-state index in [2.05, 4.69) is 10.1 Å². The van der Waals surface area contributed by atoms with Gasteiger partial charge in [0.25, 0.3) is 5.56 Å². The third kappa shape index (κ3) is 2.78. The average molecular weight is 404 g/mol. The van der Waals surface area contributed by atoms with Crippen LogP contribution in [0.1, 0.15) is 48.7 Å². The van der Waals surface area contributed by atoms with E-state index in [4.69, 9.17) is 0 Å². The highest BCUT2D eigenvalue weighted by molar-refractivity contribution is 5.82. The highest BCUT2D eigenvalue weighted by Gasteiger charge is 2.50. The molecule has 9 heteroatoms. The van der Waals surface area contributed by atoms with Crippen LogP contribution in [0.2, 0.25) is 0 Å². The van der Waals surface area contributed by atoms with E-state index >= 15 is 0 Å². The fourth-order valence-electron chi connectivity index (χ4n) is 4.15. The first-order chi connectivity index (χ1) is 13.7. The number of aliphatic hydroxyl groups is 1. The lowest BCUT2D eigenvalue weighted by molar-refractivity contribution is -0.141. The van der Waals surface area contributed by atoms with Crippen LogP contribution in [-0.4, -0.2) is 24.4 Å². The van der Waals surface area contributed by atoms with Crippen LogP contribution in [0.4, 0.5) is 13.2 Å². The van der Waals surface area contributed by atoms with Crippen LogP contribution in [0.15, 0.2) is 35.4 Å². The van der Waals surface area contributed by atoms with Gasteiger partial charge >= 0.3 is 6.18 Å². The number of nitrogens with zero attached hydrogens (tertiary/aromatic N) is 4. The van der Waals surface area contributed by atoms with E-state index in [0.717, 1.165) is 37.9 Å². The summed E-state index contributed by atoms with van der Waals surface area (Å²) in [5.41, 5.74) is -1.85. The number of aryl methyl sites for hydroxylation is 1. The van der Waals surface area contributed by atoms with Crippen LogP contribution in [0.5, 0.6) is 0 Å². The Morgan fingerprint density at radius 3 is 2.41 bits per heavy atom. The first-order valence-corrected chi connectivity index (χ1v) is 9.55. The molecule has 2 aliphatic rings. The fraction of sp³-hybridized carbons (Fsp3) is 0.450. The van der Waals surface area contributed by atoms with Crippen LogP contribution in [0.25, 0.3) is 10.9 Å². The first kappa shape index (κ1) is 18.4. The van der Waals surface area contributed by atoms with Crippen molar-refractivity contribution < 1.29 is 18.3 Å². The molecule has 0 aromatic carbocycles. The zero-order valence-electron chi connectivity index (χ0n) is 15.6. The van der Waals surface area contributed by atoms with Crippen molar-refractivity contribution in [3.8, 4) is 0 Å². The maximum atomic E-state index is 12.9. The number of alkyl halides is 3. The molecule has 0 saturated heterocycles. The summed E-state index contributed by atoms with van der Waals surface area (Å²) in [4.78, 5) is 16.4. The molecule has 1 N–H and O–H groups in total. The summed E-state index contributed by atoms with van der Waals surface area (Å²) in [7, 11) is 1.64. The van der Waals surface area contributed by atoms with Gasteiger partial charge in [0.05, 0.1) is 5.69 Å². The molecule has 5 rings (SSSR count). The Kier molecular flexibility index (Phi) is 3.74. The van der Waals surface area contributed by atoms with Crippen LogP contribution < -0.4 is 5.56 Å². The third-order valence-electron chi connectivity index (χ3n) is 5.89. The van der Waals surface area contributed by atoms with Gasteiger partial charge in [0.15, 0.2) is 5.52 Å². The third-order valence-corrected chi connectivity index (χ3v) is 5.89. The standard InChI is InChI=1S/C20H19F3N4O2/c1-26-17(14-8-9-27(13-5-6-13)18(28)16(14)25-26)19(29,11-2-3-11)12-4-7-15(24-10-12)20(21,22)23/h4,7-11,13,29H,2-3,5-6H2,1H3/t19-/m1/s1. The normalized spacial score (nSPS) is 19.5. The molecule has 3 aromatic rings. The Balaban J connectivity index is 1.69. The van der Waals surface area contributed by atoms with Gasteiger partial charge in [-0.1, -0.05) is 6.07 Å². The van der Waals surface area contributed by atoms with E-state index in [0.29, 0.717) is 11.1 Å². The summed E-state index contributed by atoms with van der Waals surface area (Å²) in [6, 6.07) is 4.10. The molecule has 0 amide bonds. The molecule has 6 nitrogen and oxygen atoms in total. The Morgan fingerprint density at radius 1 is 1.14 bits per heavy atom. The quantitative estimate of drug-likeness (QED) is 0.725. The molecule has 0 spiro atoms. The molecule has 0 aliphatic heterocycles. The van der Waals surface area contributed by atoms with Gasteiger partial charge in [0, 0.05) is 36.4 Å². The van der Waals surface area contributed by atoms with Gasteiger partial charge in [-0.05, 0) is 43.7 Å². The lowest BCUT2D eigenvalue weighted by Gasteiger charge is -2.29. The lowest BCUT2D eigenvalue weighted by atomic mass is 9.85. The highest BCUT2D eigenvalue weighted by atomic mass is 19.4. The molecule has 3 heterocycles. The predicted octanol–water partition coefficient (Wildman–Crippen LogP) is 3.13. The maximum absolute atomic E-state index is 12.9. The number of hydrogen-bond donors (Lipinski definition) is 1. The second kappa shape index (κ2) is 5.91. The van der Waals surface area contributed by atoms with Crippen molar-refractivity contribution in [3.05, 3.63) is 57.9 Å². The van der Waals surface area contributed by atoms with Crippen molar-refractivity contribution in [3.63, 3.8) is 0 Å². The van der Waals surface area contributed by atoms with Crippen LogP contribution in [0, 0.1) is 5.92 Å². The zero-order chi connectivity index (χ0) is 20.6. The molecule has 1 atom stereocenters. The van der Waals surface area contributed by atoms with E-state index in [1.807, 2.05) is 0 Å². The molecular weight excluding hydrogens is 385 g/mol. The maximum Gasteiger partial charge on any atom is 0.433 e. The molecule has 152 valence electrons. The smallest absolute Gasteiger partial charge is 0.378 e. The Labute approximate surface area is 163 Å². The zero-order valence-corrected chi connectivity index (χ0v) is 15.6. The molecule has 0 bridgehead atoms. The van der Waals surface area contributed by atoms with Gasteiger partial charge in [0.2, 0.25) is 0 Å². The van der Waals surface area contributed by atoms with Crippen molar-refractivity contribution in [1.29, 1.82) is 0 Å². The molecule has 29 heavy (non-hydrogen) atoms. The fourth-order valence-corrected chi connectivity index (χ4v) is 4.15. The SMILES string of the molecule is Cn1nc2c(=O)n(C3CC3)ccc2c1[C@](O)(c1ccc(C(F)(F)F)nc1)C1CC1. The van der Waals surface area contributed by atoms with Gasteiger partial charge in [0.1, 0.15) is 11.3 Å². The second-order valence-electron chi connectivity index (χ2n) is 7.96. The molecule has 2 aliphatic carbocycles. The Hall–Kier alpha value is -2.68. The summed E-state index contributed by atoms with van der Waals surface area (Å²) in [6.45, 7) is 0. The number of aromatic nitrogens is 4. The van der Waals surface area contributed by atoms with Crippen molar-refractivity contribution in [1.82, 2.24) is 19.3 Å². The summed E-state index contributed by atoms with van der Waals surface area (Å²) in [5.74, 6) is -0.175. The largest absolute Gasteiger partial charge is 0.433 e.